The van der Waals surface area contributed by atoms with E-state index >= 15 is 0 Å². The number of benzene rings is 2. The van der Waals surface area contributed by atoms with E-state index in [1.165, 1.54) is 0 Å². The second-order valence-corrected chi connectivity index (χ2v) is 6.24. The van der Waals surface area contributed by atoms with E-state index in [1.807, 2.05) is 31.2 Å². The predicted octanol–water partition coefficient (Wildman–Crippen LogP) is 5.73. The van der Waals surface area contributed by atoms with Crippen LogP contribution in [0.2, 0.25) is 10.0 Å². The maximum absolute atomic E-state index is 12.3. The van der Waals surface area contributed by atoms with Crippen LogP contribution in [0.3, 0.4) is 0 Å². The van der Waals surface area contributed by atoms with Crippen LogP contribution in [0.4, 0.5) is 5.69 Å². The summed E-state index contributed by atoms with van der Waals surface area (Å²) in [6.07, 6.45) is 0. The van der Waals surface area contributed by atoms with Gasteiger partial charge in [-0.05, 0) is 48.9 Å². The first-order valence-corrected chi connectivity index (χ1v) is 8.32. The Bertz CT molecular complexity index is 885. The highest BCUT2D eigenvalue weighted by atomic mass is 35.5. The number of amides is 1. The molecule has 3 aromatic rings. The lowest BCUT2D eigenvalue weighted by Crippen LogP contribution is -2.11. The molecule has 3 rings (SSSR count). The number of hydrogen-bond acceptors (Lipinski definition) is 3. The second kappa shape index (κ2) is 7.64. The quantitative estimate of drug-likeness (QED) is 0.619. The maximum Gasteiger partial charge on any atom is 0.291 e. The molecular formula is C19H15Cl2NO3. The average Bonchev–Trinajstić information content (AvgIpc) is 3.05. The summed E-state index contributed by atoms with van der Waals surface area (Å²) < 4.78 is 11.2. The molecular weight excluding hydrogens is 361 g/mol. The van der Waals surface area contributed by atoms with E-state index in [0.29, 0.717) is 21.5 Å². The first-order chi connectivity index (χ1) is 12.0. The highest BCUT2D eigenvalue weighted by molar-refractivity contribution is 6.39. The van der Waals surface area contributed by atoms with Gasteiger partial charge < -0.3 is 14.5 Å². The lowest BCUT2D eigenvalue weighted by molar-refractivity contribution is 0.0992. The number of carbonyl (C=O) groups is 1. The Hall–Kier alpha value is -2.43. The molecule has 1 heterocycles. The average molecular weight is 376 g/mol. The van der Waals surface area contributed by atoms with Gasteiger partial charge in [0.15, 0.2) is 5.76 Å². The molecule has 0 unspecified atom stereocenters. The van der Waals surface area contributed by atoms with E-state index in [1.54, 1.807) is 30.3 Å². The Kier molecular flexibility index (Phi) is 5.31. The lowest BCUT2D eigenvalue weighted by Gasteiger charge is -2.07. The van der Waals surface area contributed by atoms with Gasteiger partial charge in [-0.25, -0.2) is 0 Å². The summed E-state index contributed by atoms with van der Waals surface area (Å²) in [5, 5.41) is 3.37. The summed E-state index contributed by atoms with van der Waals surface area (Å²) in [6.45, 7) is 2.21. The summed E-state index contributed by atoms with van der Waals surface area (Å²) in [7, 11) is 0. The van der Waals surface area contributed by atoms with Gasteiger partial charge in [-0.1, -0.05) is 41.4 Å². The van der Waals surface area contributed by atoms with Crippen molar-refractivity contribution in [1.82, 2.24) is 0 Å². The van der Waals surface area contributed by atoms with E-state index in [0.717, 1.165) is 11.3 Å². The predicted molar refractivity (Wildman–Crippen MR) is 98.6 cm³/mol. The standard InChI is InChI=1S/C19H15Cl2NO3/c1-12-4-2-5-13(10-12)24-11-14-8-9-17(25-14)19(23)22-18-15(20)6-3-7-16(18)21/h2-10H,11H2,1H3,(H,22,23). The van der Waals surface area contributed by atoms with Crippen LogP contribution >= 0.6 is 23.2 Å². The van der Waals surface area contributed by atoms with Crippen molar-refractivity contribution in [3.05, 3.63) is 81.7 Å². The molecule has 0 radical (unpaired) electrons. The molecule has 0 saturated carbocycles. The second-order valence-electron chi connectivity index (χ2n) is 5.42. The monoisotopic (exact) mass is 375 g/mol. The number of nitrogens with one attached hydrogen (secondary N) is 1. The molecule has 25 heavy (non-hydrogen) atoms. The van der Waals surface area contributed by atoms with Crippen molar-refractivity contribution in [3.63, 3.8) is 0 Å². The number of aryl methyl sites for hydroxylation is 1. The number of anilines is 1. The molecule has 0 aliphatic heterocycles. The normalized spacial score (nSPS) is 10.5. The van der Waals surface area contributed by atoms with Crippen LogP contribution in [0.15, 0.2) is 59.0 Å². The minimum Gasteiger partial charge on any atom is -0.486 e. The SMILES string of the molecule is Cc1cccc(OCc2ccc(C(=O)Nc3c(Cl)cccc3Cl)o2)c1. The van der Waals surface area contributed by atoms with Gasteiger partial charge in [-0.15, -0.1) is 0 Å². The zero-order valence-electron chi connectivity index (χ0n) is 13.4. The fourth-order valence-corrected chi connectivity index (χ4v) is 2.72. The minimum absolute atomic E-state index is 0.152. The Morgan fingerprint density at radius 3 is 2.52 bits per heavy atom. The fraction of sp³-hybridized carbons (Fsp3) is 0.105. The zero-order valence-corrected chi connectivity index (χ0v) is 14.9. The van der Waals surface area contributed by atoms with Crippen LogP contribution in [0.1, 0.15) is 21.9 Å². The molecule has 2 aromatic carbocycles. The summed E-state index contributed by atoms with van der Waals surface area (Å²) in [4.78, 5) is 12.3. The van der Waals surface area contributed by atoms with Crippen molar-refractivity contribution in [2.24, 2.45) is 0 Å². The topological polar surface area (TPSA) is 51.5 Å². The van der Waals surface area contributed by atoms with Crippen LogP contribution in [0.5, 0.6) is 5.75 Å². The fourth-order valence-electron chi connectivity index (χ4n) is 2.23. The Morgan fingerprint density at radius 2 is 1.80 bits per heavy atom. The van der Waals surface area contributed by atoms with Gasteiger partial charge in [0.2, 0.25) is 0 Å². The molecule has 1 aromatic heterocycles. The van der Waals surface area contributed by atoms with Gasteiger partial charge in [-0.2, -0.15) is 0 Å². The van der Waals surface area contributed by atoms with E-state index in [9.17, 15) is 4.79 Å². The molecule has 6 heteroatoms. The maximum atomic E-state index is 12.3. The summed E-state index contributed by atoms with van der Waals surface area (Å²) in [6, 6.07) is 16.0. The molecule has 4 nitrogen and oxygen atoms in total. The number of furan rings is 1. The largest absolute Gasteiger partial charge is 0.486 e. The van der Waals surface area contributed by atoms with Gasteiger partial charge in [-0.3, -0.25) is 4.79 Å². The molecule has 0 spiro atoms. The van der Waals surface area contributed by atoms with Crippen molar-refractivity contribution in [2.45, 2.75) is 13.5 Å². The molecule has 1 amide bonds. The molecule has 0 atom stereocenters. The van der Waals surface area contributed by atoms with Crippen molar-refractivity contribution < 1.29 is 13.9 Å². The van der Waals surface area contributed by atoms with Crippen LogP contribution in [0.25, 0.3) is 0 Å². The molecule has 128 valence electrons. The summed E-state index contributed by atoms with van der Waals surface area (Å²) in [5.41, 5.74) is 1.46. The van der Waals surface area contributed by atoms with Crippen molar-refractivity contribution in [3.8, 4) is 5.75 Å². The van der Waals surface area contributed by atoms with Gasteiger partial charge in [0.05, 0.1) is 15.7 Å². The van der Waals surface area contributed by atoms with E-state index < -0.39 is 5.91 Å². The molecule has 1 N–H and O–H groups in total. The van der Waals surface area contributed by atoms with E-state index in [4.69, 9.17) is 32.4 Å². The molecule has 0 aliphatic rings. The summed E-state index contributed by atoms with van der Waals surface area (Å²) in [5.74, 6) is 0.998. The third-order valence-electron chi connectivity index (χ3n) is 3.46. The first kappa shape index (κ1) is 17.4. The Morgan fingerprint density at radius 1 is 1.08 bits per heavy atom. The third-order valence-corrected chi connectivity index (χ3v) is 4.09. The van der Waals surface area contributed by atoms with Crippen molar-refractivity contribution in [2.75, 3.05) is 5.32 Å². The van der Waals surface area contributed by atoms with Crippen LogP contribution < -0.4 is 10.1 Å². The lowest BCUT2D eigenvalue weighted by atomic mass is 10.2. The van der Waals surface area contributed by atoms with Crippen molar-refractivity contribution in [1.29, 1.82) is 0 Å². The number of ether oxygens (including phenoxy) is 1. The van der Waals surface area contributed by atoms with Crippen LogP contribution in [-0.4, -0.2) is 5.91 Å². The third kappa shape index (κ3) is 4.35. The van der Waals surface area contributed by atoms with Crippen LogP contribution in [-0.2, 0) is 6.61 Å². The zero-order chi connectivity index (χ0) is 17.8. The van der Waals surface area contributed by atoms with E-state index in [2.05, 4.69) is 5.32 Å². The first-order valence-electron chi connectivity index (χ1n) is 7.56. The Balaban J connectivity index is 1.65. The van der Waals surface area contributed by atoms with Crippen LogP contribution in [0, 0.1) is 6.92 Å². The van der Waals surface area contributed by atoms with Gasteiger partial charge in [0.25, 0.3) is 5.91 Å². The molecule has 0 fully saturated rings. The Labute approximate surface area is 155 Å². The van der Waals surface area contributed by atoms with Crippen molar-refractivity contribution >= 4 is 34.8 Å². The molecule has 0 saturated heterocycles. The van der Waals surface area contributed by atoms with Gasteiger partial charge >= 0.3 is 0 Å². The molecule has 0 bridgehead atoms. The highest BCUT2D eigenvalue weighted by Gasteiger charge is 2.15. The number of halogens is 2. The number of carbonyl (C=O) groups excluding carboxylic acids is 1. The van der Waals surface area contributed by atoms with E-state index in [-0.39, 0.29) is 12.4 Å². The number of rotatable bonds is 5. The minimum atomic E-state index is -0.434. The number of hydrogen-bond donors (Lipinski definition) is 1. The number of para-hydroxylation sites is 1. The highest BCUT2D eigenvalue weighted by Crippen LogP contribution is 2.30. The molecule has 0 aliphatic carbocycles. The smallest absolute Gasteiger partial charge is 0.291 e. The summed E-state index contributed by atoms with van der Waals surface area (Å²) >= 11 is 12.1. The van der Waals surface area contributed by atoms with Gasteiger partial charge in [0.1, 0.15) is 18.1 Å². The van der Waals surface area contributed by atoms with Gasteiger partial charge in [0, 0.05) is 0 Å².